The molecule has 1 amide bonds. The topological polar surface area (TPSA) is 104 Å². The predicted molar refractivity (Wildman–Crippen MR) is 131 cm³/mol. The molecule has 0 saturated carbocycles. The third-order valence-electron chi connectivity index (χ3n) is 5.30. The quantitative estimate of drug-likeness (QED) is 0.391. The van der Waals surface area contributed by atoms with E-state index in [1.165, 1.54) is 43.3 Å². The Labute approximate surface area is 202 Å². The second-order valence-electron chi connectivity index (χ2n) is 7.70. The van der Waals surface area contributed by atoms with Crippen molar-refractivity contribution in [3.63, 3.8) is 0 Å². The maximum atomic E-state index is 12.6. The summed E-state index contributed by atoms with van der Waals surface area (Å²) in [5, 5.41) is 0. The molecule has 0 saturated heterocycles. The number of carbonyl (C=O) groups excluding carboxylic acids is 2. The number of unbranched alkanes of at least 4 members (excludes halogenated alkanes) is 1. The molecule has 10 heteroatoms. The fourth-order valence-electron chi connectivity index (χ4n) is 3.37. The number of amides is 1. The van der Waals surface area contributed by atoms with E-state index >= 15 is 0 Å². The highest BCUT2D eigenvalue weighted by Crippen LogP contribution is 2.21. The Bertz CT molecular complexity index is 1340. The van der Waals surface area contributed by atoms with Crippen LogP contribution in [0.5, 0.6) is 5.75 Å². The number of thiazole rings is 1. The van der Waals surface area contributed by atoms with Gasteiger partial charge in [0.2, 0.25) is 5.91 Å². The highest BCUT2D eigenvalue weighted by Gasteiger charge is 2.17. The van der Waals surface area contributed by atoms with Crippen LogP contribution in [0, 0.1) is 0 Å². The Hall–Kier alpha value is -2.98. The van der Waals surface area contributed by atoms with Crippen molar-refractivity contribution in [2.75, 3.05) is 20.0 Å². The lowest BCUT2D eigenvalue weighted by atomic mass is 10.1. The molecular weight excluding hydrogens is 476 g/mol. The molecule has 182 valence electrons. The van der Waals surface area contributed by atoms with E-state index in [1.807, 2.05) is 18.2 Å². The number of sulfone groups is 1. The molecule has 0 radical (unpaired) electrons. The molecule has 0 spiro atoms. The van der Waals surface area contributed by atoms with Gasteiger partial charge < -0.3 is 14.0 Å². The Morgan fingerprint density at radius 2 is 1.82 bits per heavy atom. The van der Waals surface area contributed by atoms with Gasteiger partial charge in [-0.3, -0.25) is 9.59 Å². The molecular formula is C24H28N2O6S2. The first kappa shape index (κ1) is 25.6. The molecule has 0 aliphatic rings. The van der Waals surface area contributed by atoms with E-state index in [-0.39, 0.29) is 23.6 Å². The average molecular weight is 505 g/mol. The van der Waals surface area contributed by atoms with E-state index in [0.717, 1.165) is 29.5 Å². The Balaban J connectivity index is 1.86. The zero-order chi connectivity index (χ0) is 24.7. The number of esters is 1. The second-order valence-corrected chi connectivity index (χ2v) is 10.8. The summed E-state index contributed by atoms with van der Waals surface area (Å²) in [5.74, 6) is -0.868. The fraction of sp³-hybridized carbons (Fsp3) is 0.375. The lowest BCUT2D eigenvalue weighted by Crippen LogP contribution is -2.22. The minimum absolute atomic E-state index is 0.0962. The zero-order valence-corrected chi connectivity index (χ0v) is 21.1. The number of benzene rings is 2. The van der Waals surface area contributed by atoms with Crippen molar-refractivity contribution in [2.24, 2.45) is 4.99 Å². The summed E-state index contributed by atoms with van der Waals surface area (Å²) >= 11 is 1.29. The van der Waals surface area contributed by atoms with Crippen molar-refractivity contribution in [2.45, 2.75) is 44.0 Å². The smallest absolute Gasteiger partial charge is 0.325 e. The normalized spacial score (nSPS) is 12.1. The number of nitrogens with zero attached hydrogens (tertiary/aromatic N) is 2. The van der Waals surface area contributed by atoms with E-state index in [0.29, 0.717) is 10.6 Å². The first-order valence-corrected chi connectivity index (χ1v) is 13.4. The summed E-state index contributed by atoms with van der Waals surface area (Å²) in [6.07, 6.45) is 2.81. The van der Waals surface area contributed by atoms with Gasteiger partial charge in [0.15, 0.2) is 14.6 Å². The van der Waals surface area contributed by atoms with Crippen LogP contribution in [0.1, 0.15) is 31.7 Å². The lowest BCUT2D eigenvalue weighted by molar-refractivity contribution is -0.141. The van der Waals surface area contributed by atoms with Gasteiger partial charge >= 0.3 is 5.97 Å². The maximum absolute atomic E-state index is 12.6. The van der Waals surface area contributed by atoms with Crippen LogP contribution >= 0.6 is 11.3 Å². The molecule has 0 aliphatic carbocycles. The first-order chi connectivity index (χ1) is 16.3. The Kier molecular flexibility index (Phi) is 8.62. The number of hydrogen-bond acceptors (Lipinski definition) is 7. The van der Waals surface area contributed by atoms with E-state index < -0.39 is 21.7 Å². The number of fused-ring (bicyclic) bond motifs is 1. The molecule has 34 heavy (non-hydrogen) atoms. The molecule has 3 aromatic rings. The SMILES string of the molecule is CCCCc1ccc2c(c1)sc(=NC(=O)CCS(=O)(=O)c1ccc(OC)cc1)n2CC(=O)OC. The van der Waals surface area contributed by atoms with E-state index in [1.54, 1.807) is 16.7 Å². The van der Waals surface area contributed by atoms with Crippen molar-refractivity contribution in [3.8, 4) is 5.75 Å². The van der Waals surface area contributed by atoms with Crippen LogP contribution in [0.25, 0.3) is 10.2 Å². The number of carbonyl (C=O) groups is 2. The highest BCUT2D eigenvalue weighted by atomic mass is 32.2. The summed E-state index contributed by atoms with van der Waals surface area (Å²) in [6, 6.07) is 12.0. The number of ether oxygens (including phenoxy) is 2. The van der Waals surface area contributed by atoms with Crippen LogP contribution in [-0.2, 0) is 37.1 Å². The predicted octanol–water partition coefficient (Wildman–Crippen LogP) is 3.52. The van der Waals surface area contributed by atoms with Gasteiger partial charge in [0.05, 0.1) is 35.1 Å². The van der Waals surface area contributed by atoms with Crippen molar-refractivity contribution >= 4 is 43.3 Å². The van der Waals surface area contributed by atoms with Crippen LogP contribution in [-0.4, -0.2) is 44.8 Å². The number of methoxy groups -OCH3 is 2. The molecule has 0 fully saturated rings. The van der Waals surface area contributed by atoms with Crippen LogP contribution < -0.4 is 9.54 Å². The molecule has 0 unspecified atom stereocenters. The van der Waals surface area contributed by atoms with Crippen molar-refractivity contribution < 1.29 is 27.5 Å². The minimum atomic E-state index is -3.66. The molecule has 0 N–H and O–H groups in total. The van der Waals surface area contributed by atoms with Gasteiger partial charge in [-0.15, -0.1) is 0 Å². The molecule has 0 aliphatic heterocycles. The summed E-state index contributed by atoms with van der Waals surface area (Å²) < 4.78 is 37.6. The first-order valence-electron chi connectivity index (χ1n) is 10.9. The van der Waals surface area contributed by atoms with E-state index in [2.05, 4.69) is 11.9 Å². The molecule has 1 aromatic heterocycles. The van der Waals surface area contributed by atoms with Crippen LogP contribution in [0.3, 0.4) is 0 Å². The zero-order valence-electron chi connectivity index (χ0n) is 19.4. The Morgan fingerprint density at radius 1 is 1.09 bits per heavy atom. The number of hydrogen-bond donors (Lipinski definition) is 0. The third kappa shape index (κ3) is 6.32. The van der Waals surface area contributed by atoms with E-state index in [4.69, 9.17) is 9.47 Å². The van der Waals surface area contributed by atoms with Gasteiger partial charge in [-0.25, -0.2) is 8.42 Å². The van der Waals surface area contributed by atoms with Crippen LogP contribution in [0.2, 0.25) is 0 Å². The van der Waals surface area contributed by atoms with Gasteiger partial charge in [0.25, 0.3) is 0 Å². The summed E-state index contributed by atoms with van der Waals surface area (Å²) in [4.78, 5) is 29.2. The highest BCUT2D eigenvalue weighted by molar-refractivity contribution is 7.91. The second kappa shape index (κ2) is 11.4. The average Bonchev–Trinajstić information content (AvgIpc) is 3.17. The van der Waals surface area contributed by atoms with E-state index in [9.17, 15) is 18.0 Å². The van der Waals surface area contributed by atoms with Gasteiger partial charge in [-0.05, 0) is 54.8 Å². The Morgan fingerprint density at radius 3 is 2.47 bits per heavy atom. The minimum Gasteiger partial charge on any atom is -0.497 e. The molecule has 3 rings (SSSR count). The summed E-state index contributed by atoms with van der Waals surface area (Å²) in [6.45, 7) is 2.03. The molecule has 0 bridgehead atoms. The maximum Gasteiger partial charge on any atom is 0.325 e. The summed E-state index contributed by atoms with van der Waals surface area (Å²) in [7, 11) is -0.865. The number of rotatable bonds is 10. The van der Waals surface area contributed by atoms with Crippen molar-refractivity contribution in [1.82, 2.24) is 4.57 Å². The molecule has 1 heterocycles. The summed E-state index contributed by atoms with van der Waals surface area (Å²) in [5.41, 5.74) is 1.94. The molecule has 0 atom stereocenters. The van der Waals surface area contributed by atoms with Crippen LogP contribution in [0.4, 0.5) is 0 Å². The number of aromatic nitrogens is 1. The van der Waals surface area contributed by atoms with Gasteiger partial charge in [-0.2, -0.15) is 4.99 Å². The van der Waals surface area contributed by atoms with Crippen molar-refractivity contribution in [3.05, 3.63) is 52.8 Å². The van der Waals surface area contributed by atoms with Crippen molar-refractivity contribution in [1.29, 1.82) is 0 Å². The molecule has 8 nitrogen and oxygen atoms in total. The van der Waals surface area contributed by atoms with Gasteiger partial charge in [-0.1, -0.05) is 30.7 Å². The number of aryl methyl sites for hydroxylation is 1. The molecule has 2 aromatic carbocycles. The standard InChI is InChI=1S/C24H28N2O6S2/c1-4-5-6-17-7-12-20-21(15-17)33-24(26(20)16-23(28)32-3)25-22(27)13-14-34(29,30)19-10-8-18(31-2)9-11-19/h7-12,15H,4-6,13-14,16H2,1-3H3. The third-order valence-corrected chi connectivity index (χ3v) is 8.08. The lowest BCUT2D eigenvalue weighted by Gasteiger charge is -2.05. The fourth-order valence-corrected chi connectivity index (χ4v) is 5.71. The van der Waals surface area contributed by atoms with Gasteiger partial charge in [0.1, 0.15) is 12.3 Å². The van der Waals surface area contributed by atoms with Gasteiger partial charge in [0, 0.05) is 6.42 Å². The monoisotopic (exact) mass is 504 g/mol. The van der Waals surface area contributed by atoms with Crippen LogP contribution in [0.15, 0.2) is 52.4 Å². The largest absolute Gasteiger partial charge is 0.497 e.